The van der Waals surface area contributed by atoms with E-state index in [0.717, 1.165) is 17.2 Å². The summed E-state index contributed by atoms with van der Waals surface area (Å²) in [5.74, 6) is 1.91. The van der Waals surface area contributed by atoms with Crippen molar-refractivity contribution in [2.24, 2.45) is 0 Å². The monoisotopic (exact) mass is 368 g/mol. The van der Waals surface area contributed by atoms with Crippen LogP contribution in [0.5, 0.6) is 5.75 Å². The second kappa shape index (κ2) is 8.06. The van der Waals surface area contributed by atoms with E-state index in [9.17, 15) is 0 Å². The van der Waals surface area contributed by atoms with Gasteiger partial charge in [0, 0.05) is 24.0 Å². The van der Waals surface area contributed by atoms with Crippen LogP contribution in [0, 0.1) is 13.8 Å². The predicted molar refractivity (Wildman–Crippen MR) is 107 cm³/mol. The molecule has 1 aromatic heterocycles. The normalized spacial score (nSPS) is 10.5. The zero-order chi connectivity index (χ0) is 18.5. The number of hydrogen-bond acceptors (Lipinski definition) is 5. The van der Waals surface area contributed by atoms with E-state index in [1.54, 1.807) is 19.2 Å². The number of halogens is 1. The van der Waals surface area contributed by atoms with E-state index < -0.39 is 0 Å². The third-order valence-electron chi connectivity index (χ3n) is 3.98. The van der Waals surface area contributed by atoms with Gasteiger partial charge >= 0.3 is 0 Å². The van der Waals surface area contributed by atoms with Crippen LogP contribution in [0.25, 0.3) is 0 Å². The van der Waals surface area contributed by atoms with Gasteiger partial charge in [-0.1, -0.05) is 35.9 Å². The Bertz CT molecular complexity index is 914. The van der Waals surface area contributed by atoms with Gasteiger partial charge < -0.3 is 15.4 Å². The van der Waals surface area contributed by atoms with Crippen LogP contribution in [0.15, 0.2) is 48.5 Å². The van der Waals surface area contributed by atoms with Crippen molar-refractivity contribution in [1.82, 2.24) is 9.97 Å². The summed E-state index contributed by atoms with van der Waals surface area (Å²) >= 11 is 6.17. The summed E-state index contributed by atoms with van der Waals surface area (Å²) in [5.41, 5.74) is 4.15. The summed E-state index contributed by atoms with van der Waals surface area (Å²) < 4.78 is 5.17. The van der Waals surface area contributed by atoms with Gasteiger partial charge in [-0.15, -0.1) is 0 Å². The molecule has 3 aromatic rings. The van der Waals surface area contributed by atoms with Crippen molar-refractivity contribution in [1.29, 1.82) is 0 Å². The van der Waals surface area contributed by atoms with Crippen molar-refractivity contribution < 1.29 is 4.74 Å². The summed E-state index contributed by atoms with van der Waals surface area (Å²) in [6.45, 7) is 4.74. The second-order valence-electron chi connectivity index (χ2n) is 5.97. The van der Waals surface area contributed by atoms with Gasteiger partial charge in [0.05, 0.1) is 12.1 Å². The van der Waals surface area contributed by atoms with Gasteiger partial charge in [0.15, 0.2) is 0 Å². The first-order valence-corrected chi connectivity index (χ1v) is 8.67. The molecule has 2 aromatic carbocycles. The third kappa shape index (κ3) is 4.43. The van der Waals surface area contributed by atoms with E-state index >= 15 is 0 Å². The number of aryl methyl sites for hydroxylation is 2. The molecule has 0 aliphatic heterocycles. The molecule has 0 spiro atoms. The van der Waals surface area contributed by atoms with Crippen molar-refractivity contribution in [2.75, 3.05) is 17.7 Å². The van der Waals surface area contributed by atoms with Gasteiger partial charge in [0.2, 0.25) is 5.95 Å². The number of nitrogens with one attached hydrogen (secondary N) is 2. The maximum atomic E-state index is 6.17. The average Bonchev–Trinajstić information content (AvgIpc) is 2.61. The number of methoxy groups -OCH3 is 1. The van der Waals surface area contributed by atoms with Crippen molar-refractivity contribution in [3.05, 3.63) is 70.4 Å². The topological polar surface area (TPSA) is 59.1 Å². The number of nitrogens with zero attached hydrogens (tertiary/aromatic N) is 2. The van der Waals surface area contributed by atoms with Crippen LogP contribution in [0.1, 0.15) is 16.8 Å². The van der Waals surface area contributed by atoms with E-state index in [0.29, 0.717) is 23.3 Å². The molecule has 0 unspecified atom stereocenters. The molecule has 0 atom stereocenters. The molecule has 0 radical (unpaired) electrons. The van der Waals surface area contributed by atoms with Gasteiger partial charge in [-0.3, -0.25) is 0 Å². The van der Waals surface area contributed by atoms with E-state index in [1.165, 1.54) is 11.1 Å². The van der Waals surface area contributed by atoms with Crippen molar-refractivity contribution >= 4 is 29.1 Å². The van der Waals surface area contributed by atoms with Crippen LogP contribution in [-0.4, -0.2) is 17.1 Å². The zero-order valence-electron chi connectivity index (χ0n) is 15.0. The van der Waals surface area contributed by atoms with Crippen LogP contribution >= 0.6 is 11.6 Å². The number of benzene rings is 2. The van der Waals surface area contributed by atoms with E-state index in [4.69, 9.17) is 16.3 Å². The fraction of sp³-hybridized carbons (Fsp3) is 0.200. The van der Waals surface area contributed by atoms with Gasteiger partial charge in [0.25, 0.3) is 0 Å². The Hall–Kier alpha value is -2.79. The minimum Gasteiger partial charge on any atom is -0.495 e. The number of ether oxygens (including phenoxy) is 1. The lowest BCUT2D eigenvalue weighted by Crippen LogP contribution is -2.06. The molecule has 0 bridgehead atoms. The first-order valence-electron chi connectivity index (χ1n) is 8.30. The number of hydrogen-bond donors (Lipinski definition) is 2. The van der Waals surface area contributed by atoms with E-state index in [1.807, 2.05) is 31.2 Å². The molecule has 1 heterocycles. The lowest BCUT2D eigenvalue weighted by Gasteiger charge is -2.12. The number of aromatic nitrogens is 2. The lowest BCUT2D eigenvalue weighted by atomic mass is 10.1. The number of anilines is 3. The Balaban J connectivity index is 1.75. The summed E-state index contributed by atoms with van der Waals surface area (Å²) in [5, 5.41) is 7.08. The molecule has 0 aliphatic carbocycles. The molecule has 0 amide bonds. The molecule has 134 valence electrons. The maximum Gasteiger partial charge on any atom is 0.229 e. The minimum atomic E-state index is 0.513. The molecule has 26 heavy (non-hydrogen) atoms. The molecule has 3 rings (SSSR count). The summed E-state index contributed by atoms with van der Waals surface area (Å²) in [4.78, 5) is 8.98. The van der Waals surface area contributed by atoms with Crippen molar-refractivity contribution in [2.45, 2.75) is 20.4 Å². The van der Waals surface area contributed by atoms with Gasteiger partial charge in [-0.25, -0.2) is 4.98 Å². The summed E-state index contributed by atoms with van der Waals surface area (Å²) in [6.07, 6.45) is 0. The predicted octanol–water partition coefficient (Wildman–Crippen LogP) is 5.11. The summed E-state index contributed by atoms with van der Waals surface area (Å²) in [7, 11) is 1.59. The Morgan fingerprint density at radius 3 is 2.58 bits per heavy atom. The Morgan fingerprint density at radius 2 is 1.85 bits per heavy atom. The molecule has 0 fully saturated rings. The molecular formula is C20H21ClN4O. The van der Waals surface area contributed by atoms with E-state index in [2.05, 4.69) is 39.7 Å². The van der Waals surface area contributed by atoms with E-state index in [-0.39, 0.29) is 0 Å². The fourth-order valence-electron chi connectivity index (χ4n) is 2.58. The minimum absolute atomic E-state index is 0.513. The highest BCUT2D eigenvalue weighted by Gasteiger charge is 2.06. The molecule has 2 N–H and O–H groups in total. The smallest absolute Gasteiger partial charge is 0.229 e. The maximum absolute atomic E-state index is 6.17. The molecule has 0 saturated carbocycles. The first-order chi connectivity index (χ1) is 12.5. The Kier molecular flexibility index (Phi) is 5.58. The second-order valence-corrected chi connectivity index (χ2v) is 6.38. The van der Waals surface area contributed by atoms with Crippen LogP contribution < -0.4 is 15.4 Å². The van der Waals surface area contributed by atoms with Gasteiger partial charge in [-0.05, 0) is 43.2 Å². The SMILES string of the molecule is COc1ccc(Nc2nc(C)cc(NCc3ccccc3C)n2)cc1Cl. The Morgan fingerprint density at radius 1 is 1.04 bits per heavy atom. The van der Waals surface area contributed by atoms with Crippen LogP contribution in [0.3, 0.4) is 0 Å². The van der Waals surface area contributed by atoms with Crippen LogP contribution in [-0.2, 0) is 6.54 Å². The standard InChI is InChI=1S/C20H21ClN4O/c1-13-6-4-5-7-15(13)12-22-19-10-14(2)23-20(25-19)24-16-8-9-18(26-3)17(21)11-16/h4-11H,12H2,1-3H3,(H2,22,23,24,25). The number of rotatable bonds is 6. The average molecular weight is 369 g/mol. The highest BCUT2D eigenvalue weighted by atomic mass is 35.5. The highest BCUT2D eigenvalue weighted by Crippen LogP contribution is 2.28. The largest absolute Gasteiger partial charge is 0.495 e. The van der Waals surface area contributed by atoms with Crippen LogP contribution in [0.2, 0.25) is 5.02 Å². The first kappa shape index (κ1) is 18.0. The fourth-order valence-corrected chi connectivity index (χ4v) is 2.84. The van der Waals surface area contributed by atoms with Gasteiger partial charge in [-0.2, -0.15) is 4.98 Å². The Labute approximate surface area is 158 Å². The highest BCUT2D eigenvalue weighted by molar-refractivity contribution is 6.32. The molecule has 5 nitrogen and oxygen atoms in total. The lowest BCUT2D eigenvalue weighted by molar-refractivity contribution is 0.415. The molecule has 0 saturated heterocycles. The van der Waals surface area contributed by atoms with Crippen molar-refractivity contribution in [3.63, 3.8) is 0 Å². The van der Waals surface area contributed by atoms with Crippen molar-refractivity contribution in [3.8, 4) is 5.75 Å². The zero-order valence-corrected chi connectivity index (χ0v) is 15.8. The third-order valence-corrected chi connectivity index (χ3v) is 4.28. The quantitative estimate of drug-likeness (QED) is 0.633. The summed E-state index contributed by atoms with van der Waals surface area (Å²) in [6, 6.07) is 15.7. The molecule has 0 aliphatic rings. The van der Waals surface area contributed by atoms with Gasteiger partial charge in [0.1, 0.15) is 11.6 Å². The molecule has 6 heteroatoms. The molecular weight excluding hydrogens is 348 g/mol. The van der Waals surface area contributed by atoms with Crippen LogP contribution in [0.4, 0.5) is 17.5 Å².